The number of hydrogen-bond acceptors (Lipinski definition) is 6. The second-order valence-corrected chi connectivity index (χ2v) is 6.16. The van der Waals surface area contributed by atoms with Crippen molar-refractivity contribution >= 4 is 11.8 Å². The molecule has 1 aliphatic rings. The van der Waals surface area contributed by atoms with Crippen LogP contribution in [-0.2, 0) is 16.1 Å². The quantitative estimate of drug-likeness (QED) is 0.714. The number of carbonyl (C=O) groups excluding carboxylic acids is 2. The normalized spacial score (nSPS) is 16.5. The topological polar surface area (TPSA) is 108 Å². The van der Waals surface area contributed by atoms with Gasteiger partial charge in [-0.25, -0.2) is 0 Å². The van der Waals surface area contributed by atoms with E-state index >= 15 is 0 Å². The lowest BCUT2D eigenvalue weighted by Gasteiger charge is -2.24. The van der Waals surface area contributed by atoms with Gasteiger partial charge in [-0.05, 0) is 12.0 Å². The third kappa shape index (κ3) is 4.68. The van der Waals surface area contributed by atoms with E-state index in [1.165, 1.54) is 11.0 Å². The van der Waals surface area contributed by atoms with Gasteiger partial charge >= 0.3 is 0 Å². The van der Waals surface area contributed by atoms with Crippen LogP contribution in [0.2, 0.25) is 0 Å². The van der Waals surface area contributed by atoms with Gasteiger partial charge in [0.1, 0.15) is 6.73 Å². The number of hydrogen-bond donors (Lipinski definition) is 1. The fourth-order valence-electron chi connectivity index (χ4n) is 2.73. The summed E-state index contributed by atoms with van der Waals surface area (Å²) in [6, 6.07) is 10.9. The molecular weight excluding hydrogens is 338 g/mol. The second kappa shape index (κ2) is 8.59. The molecule has 0 bridgehead atoms. The van der Waals surface area contributed by atoms with Gasteiger partial charge in [-0.1, -0.05) is 35.5 Å². The summed E-state index contributed by atoms with van der Waals surface area (Å²) in [5.74, 6) is -0.951. The van der Waals surface area contributed by atoms with E-state index in [1.54, 1.807) is 0 Å². The van der Waals surface area contributed by atoms with Gasteiger partial charge in [0.05, 0.1) is 13.2 Å². The summed E-state index contributed by atoms with van der Waals surface area (Å²) in [7, 11) is 0. The smallest absolute Gasteiger partial charge is 0.294 e. The molecule has 1 atom stereocenters. The lowest BCUT2D eigenvalue weighted by atomic mass is 10.1. The lowest BCUT2D eigenvalue weighted by molar-refractivity contribution is 0.00916. The first-order valence-corrected chi connectivity index (χ1v) is 8.38. The number of aromatic nitrogens is 1. The summed E-state index contributed by atoms with van der Waals surface area (Å²) in [4.78, 5) is 25.4. The molecular formula is C18H21N3O5. The summed E-state index contributed by atoms with van der Waals surface area (Å²) < 4.78 is 16.0. The molecule has 2 heterocycles. The molecule has 0 saturated carbocycles. The van der Waals surface area contributed by atoms with E-state index in [1.807, 2.05) is 30.3 Å². The molecule has 0 spiro atoms. The van der Waals surface area contributed by atoms with Gasteiger partial charge in [-0.2, -0.15) is 0 Å². The van der Waals surface area contributed by atoms with Crippen LogP contribution in [0.1, 0.15) is 33.0 Å². The number of ether oxygens (including phenoxy) is 2. The van der Waals surface area contributed by atoms with Crippen molar-refractivity contribution in [3.63, 3.8) is 0 Å². The molecule has 0 radical (unpaired) electrons. The molecule has 0 aliphatic carbocycles. The fraction of sp³-hybridized carbons (Fsp3) is 0.389. The number of amides is 2. The van der Waals surface area contributed by atoms with Crippen LogP contribution in [0, 0.1) is 5.92 Å². The molecule has 26 heavy (non-hydrogen) atoms. The molecule has 1 fully saturated rings. The first kappa shape index (κ1) is 18.1. The van der Waals surface area contributed by atoms with E-state index in [2.05, 4.69) is 5.16 Å². The third-order valence-corrected chi connectivity index (χ3v) is 4.12. The van der Waals surface area contributed by atoms with Gasteiger partial charge < -0.3 is 24.6 Å². The number of benzene rings is 1. The van der Waals surface area contributed by atoms with Gasteiger partial charge in [-0.15, -0.1) is 0 Å². The number of primary amides is 1. The number of carbonyl (C=O) groups is 2. The van der Waals surface area contributed by atoms with Gasteiger partial charge in [0, 0.05) is 25.1 Å². The standard InChI is InChI=1S/C18H21N3O5/c19-17(22)15-8-16(26-20-15)18(23)21(9-14-6-7-24-11-14)12-25-10-13-4-2-1-3-5-13/h1-5,8,14H,6-7,9-12H2,(H2,19,22). The summed E-state index contributed by atoms with van der Waals surface area (Å²) in [6.07, 6.45) is 0.880. The van der Waals surface area contributed by atoms with Crippen molar-refractivity contribution in [2.45, 2.75) is 13.0 Å². The van der Waals surface area contributed by atoms with Crippen LogP contribution < -0.4 is 5.73 Å². The van der Waals surface area contributed by atoms with Crippen LogP contribution in [0.5, 0.6) is 0 Å². The highest BCUT2D eigenvalue weighted by atomic mass is 16.5. The maximum absolute atomic E-state index is 12.7. The number of rotatable bonds is 8. The Balaban J connectivity index is 1.65. The van der Waals surface area contributed by atoms with Crippen LogP contribution in [-0.4, -0.2) is 48.4 Å². The molecule has 3 rings (SSSR count). The maximum Gasteiger partial charge on any atom is 0.294 e. The average molecular weight is 359 g/mol. The summed E-state index contributed by atoms with van der Waals surface area (Å²) in [6.45, 7) is 2.24. The molecule has 1 saturated heterocycles. The van der Waals surface area contributed by atoms with Gasteiger partial charge in [-0.3, -0.25) is 9.59 Å². The highest BCUT2D eigenvalue weighted by Gasteiger charge is 2.26. The Labute approximate surface area is 150 Å². The van der Waals surface area contributed by atoms with Crippen LogP contribution in [0.3, 0.4) is 0 Å². The van der Waals surface area contributed by atoms with E-state index in [0.29, 0.717) is 26.4 Å². The van der Waals surface area contributed by atoms with Crippen LogP contribution in [0.25, 0.3) is 0 Å². The molecule has 1 unspecified atom stereocenters. The minimum atomic E-state index is -0.746. The van der Waals surface area contributed by atoms with Crippen LogP contribution in [0.15, 0.2) is 40.9 Å². The molecule has 2 amide bonds. The van der Waals surface area contributed by atoms with Gasteiger partial charge in [0.15, 0.2) is 5.69 Å². The van der Waals surface area contributed by atoms with Crippen molar-refractivity contribution in [1.29, 1.82) is 0 Å². The first-order valence-electron chi connectivity index (χ1n) is 8.38. The van der Waals surface area contributed by atoms with Crippen molar-refractivity contribution in [3.05, 3.63) is 53.4 Å². The maximum atomic E-state index is 12.7. The Kier molecular flexibility index (Phi) is 5.98. The van der Waals surface area contributed by atoms with E-state index in [0.717, 1.165) is 12.0 Å². The van der Waals surface area contributed by atoms with Crippen LogP contribution >= 0.6 is 0 Å². The Morgan fingerprint density at radius 1 is 1.31 bits per heavy atom. The van der Waals surface area contributed by atoms with E-state index < -0.39 is 11.8 Å². The zero-order valence-corrected chi connectivity index (χ0v) is 14.3. The molecule has 1 aromatic carbocycles. The van der Waals surface area contributed by atoms with Crippen molar-refractivity contribution in [2.24, 2.45) is 11.7 Å². The third-order valence-electron chi connectivity index (χ3n) is 4.12. The van der Waals surface area contributed by atoms with Crippen LogP contribution in [0.4, 0.5) is 0 Å². The molecule has 8 heteroatoms. The molecule has 2 aromatic rings. The Morgan fingerprint density at radius 3 is 2.77 bits per heavy atom. The van der Waals surface area contributed by atoms with Gasteiger partial charge in [0.25, 0.3) is 11.8 Å². The van der Waals surface area contributed by atoms with E-state index in [4.69, 9.17) is 19.7 Å². The predicted octanol–water partition coefficient (Wildman–Crippen LogP) is 1.43. The van der Waals surface area contributed by atoms with E-state index in [-0.39, 0.29) is 24.1 Å². The summed E-state index contributed by atoms with van der Waals surface area (Å²) >= 11 is 0. The zero-order chi connectivity index (χ0) is 18.4. The summed E-state index contributed by atoms with van der Waals surface area (Å²) in [5, 5.41) is 3.52. The number of nitrogens with two attached hydrogens (primary N) is 1. The SMILES string of the molecule is NC(=O)c1cc(C(=O)N(COCc2ccccc2)CC2CCOC2)on1. The summed E-state index contributed by atoms with van der Waals surface area (Å²) in [5.41, 5.74) is 6.09. The minimum absolute atomic E-state index is 0.0407. The van der Waals surface area contributed by atoms with Crippen molar-refractivity contribution in [1.82, 2.24) is 10.1 Å². The second-order valence-electron chi connectivity index (χ2n) is 6.16. The minimum Gasteiger partial charge on any atom is -0.381 e. The van der Waals surface area contributed by atoms with Crippen molar-refractivity contribution < 1.29 is 23.6 Å². The zero-order valence-electron chi connectivity index (χ0n) is 14.3. The van der Waals surface area contributed by atoms with Gasteiger partial charge in [0.2, 0.25) is 5.76 Å². The lowest BCUT2D eigenvalue weighted by Crippen LogP contribution is -2.37. The van der Waals surface area contributed by atoms with Crippen molar-refractivity contribution in [2.75, 3.05) is 26.5 Å². The largest absolute Gasteiger partial charge is 0.381 e. The molecule has 1 aromatic heterocycles. The predicted molar refractivity (Wildman–Crippen MR) is 91.1 cm³/mol. The Bertz CT molecular complexity index is 740. The van der Waals surface area contributed by atoms with E-state index in [9.17, 15) is 9.59 Å². The van der Waals surface area contributed by atoms with Crippen molar-refractivity contribution in [3.8, 4) is 0 Å². The molecule has 1 aliphatic heterocycles. The molecule has 138 valence electrons. The monoisotopic (exact) mass is 359 g/mol. The molecule has 2 N–H and O–H groups in total. The Hall–Kier alpha value is -2.71. The number of nitrogens with zero attached hydrogens (tertiary/aromatic N) is 2. The highest BCUT2D eigenvalue weighted by molar-refractivity contribution is 5.96. The first-order chi connectivity index (χ1) is 12.6. The molecule has 8 nitrogen and oxygen atoms in total. The fourth-order valence-corrected chi connectivity index (χ4v) is 2.73. The average Bonchev–Trinajstić information content (AvgIpc) is 3.33. The highest BCUT2D eigenvalue weighted by Crippen LogP contribution is 2.17. The Morgan fingerprint density at radius 2 is 2.12 bits per heavy atom.